The van der Waals surface area contributed by atoms with Crippen LogP contribution in [0.5, 0.6) is 0 Å². The first-order valence-corrected chi connectivity index (χ1v) is 9.73. The van der Waals surface area contributed by atoms with Gasteiger partial charge in [-0.3, -0.25) is 9.59 Å². The molecular formula is C17H20N2O6S. The number of sulfone groups is 1. The van der Waals surface area contributed by atoms with E-state index in [1.807, 2.05) is 0 Å². The second-order valence-corrected chi connectivity index (χ2v) is 7.83. The Bertz CT molecular complexity index is 898. The van der Waals surface area contributed by atoms with Gasteiger partial charge in [-0.2, -0.15) is 0 Å². The molecule has 0 unspecified atom stereocenters. The fourth-order valence-electron chi connectivity index (χ4n) is 2.31. The summed E-state index contributed by atoms with van der Waals surface area (Å²) in [6.45, 7) is 3.09. The number of anilines is 1. The molecule has 1 amide bonds. The molecule has 140 valence electrons. The van der Waals surface area contributed by atoms with Crippen LogP contribution in [-0.4, -0.2) is 38.3 Å². The Hall–Kier alpha value is -2.68. The summed E-state index contributed by atoms with van der Waals surface area (Å²) in [5, 5.41) is 6.30. The SMILES string of the molecule is Cc1noc(C)c1CCC(=O)OCC(=O)Nc1cccc(S(C)(=O)=O)c1. The number of ether oxygens (including phenoxy) is 1. The van der Waals surface area contributed by atoms with E-state index in [1.54, 1.807) is 19.9 Å². The maximum absolute atomic E-state index is 11.9. The minimum Gasteiger partial charge on any atom is -0.456 e. The first kappa shape index (κ1) is 19.6. The molecule has 2 aromatic rings. The molecule has 0 aliphatic rings. The monoisotopic (exact) mass is 380 g/mol. The fourth-order valence-corrected chi connectivity index (χ4v) is 2.97. The van der Waals surface area contributed by atoms with Crippen LogP contribution in [0.2, 0.25) is 0 Å². The van der Waals surface area contributed by atoms with Crippen LogP contribution < -0.4 is 5.32 Å². The van der Waals surface area contributed by atoms with Crippen molar-refractivity contribution < 1.29 is 27.3 Å². The number of benzene rings is 1. The number of amides is 1. The lowest BCUT2D eigenvalue weighted by Crippen LogP contribution is -2.21. The molecule has 0 spiro atoms. The average Bonchev–Trinajstić information content (AvgIpc) is 2.89. The molecule has 1 heterocycles. The van der Waals surface area contributed by atoms with Crippen LogP contribution in [-0.2, 0) is 30.6 Å². The minimum atomic E-state index is -3.37. The van der Waals surface area contributed by atoms with Crippen LogP contribution in [0.3, 0.4) is 0 Å². The third-order valence-electron chi connectivity index (χ3n) is 3.67. The molecule has 0 atom stereocenters. The Morgan fingerprint density at radius 2 is 2.00 bits per heavy atom. The van der Waals surface area contributed by atoms with Gasteiger partial charge in [0.15, 0.2) is 16.4 Å². The Kier molecular flexibility index (Phi) is 6.14. The van der Waals surface area contributed by atoms with Crippen molar-refractivity contribution in [2.75, 3.05) is 18.2 Å². The van der Waals surface area contributed by atoms with Gasteiger partial charge < -0.3 is 14.6 Å². The zero-order valence-electron chi connectivity index (χ0n) is 14.7. The van der Waals surface area contributed by atoms with Gasteiger partial charge in [0, 0.05) is 23.9 Å². The van der Waals surface area contributed by atoms with Gasteiger partial charge in [0.2, 0.25) is 0 Å². The van der Waals surface area contributed by atoms with E-state index in [1.165, 1.54) is 18.2 Å². The number of aryl methyl sites for hydroxylation is 2. The summed E-state index contributed by atoms with van der Waals surface area (Å²) in [5.41, 5.74) is 1.88. The predicted molar refractivity (Wildman–Crippen MR) is 93.4 cm³/mol. The summed E-state index contributed by atoms with van der Waals surface area (Å²) in [7, 11) is -3.37. The van der Waals surface area contributed by atoms with Crippen LogP contribution in [0.4, 0.5) is 5.69 Å². The Morgan fingerprint density at radius 1 is 1.27 bits per heavy atom. The number of hydrogen-bond acceptors (Lipinski definition) is 7. The third-order valence-corrected chi connectivity index (χ3v) is 4.78. The molecule has 0 saturated heterocycles. The molecule has 1 N–H and O–H groups in total. The highest BCUT2D eigenvalue weighted by Crippen LogP contribution is 2.16. The second-order valence-electron chi connectivity index (χ2n) is 5.81. The Balaban J connectivity index is 1.82. The van der Waals surface area contributed by atoms with Gasteiger partial charge in [0.25, 0.3) is 5.91 Å². The summed E-state index contributed by atoms with van der Waals surface area (Å²) in [6, 6.07) is 5.83. The maximum atomic E-state index is 11.9. The van der Waals surface area contributed by atoms with Crippen molar-refractivity contribution in [1.29, 1.82) is 0 Å². The summed E-state index contributed by atoms with van der Waals surface area (Å²) in [4.78, 5) is 23.7. The van der Waals surface area contributed by atoms with Crippen LogP contribution in [0, 0.1) is 13.8 Å². The molecule has 0 fully saturated rings. The zero-order valence-corrected chi connectivity index (χ0v) is 15.6. The smallest absolute Gasteiger partial charge is 0.306 e. The molecule has 0 bridgehead atoms. The van der Waals surface area contributed by atoms with Crippen molar-refractivity contribution in [2.24, 2.45) is 0 Å². The van der Waals surface area contributed by atoms with E-state index < -0.39 is 28.3 Å². The van der Waals surface area contributed by atoms with Crippen molar-refractivity contribution in [3.8, 4) is 0 Å². The van der Waals surface area contributed by atoms with Gasteiger partial charge in [-0.15, -0.1) is 0 Å². The van der Waals surface area contributed by atoms with Gasteiger partial charge in [0.05, 0.1) is 10.6 Å². The lowest BCUT2D eigenvalue weighted by molar-refractivity contribution is -0.147. The largest absolute Gasteiger partial charge is 0.456 e. The topological polar surface area (TPSA) is 116 Å². The van der Waals surface area contributed by atoms with Gasteiger partial charge in [-0.1, -0.05) is 11.2 Å². The lowest BCUT2D eigenvalue weighted by atomic mass is 10.1. The quantitative estimate of drug-likeness (QED) is 0.728. The highest BCUT2D eigenvalue weighted by atomic mass is 32.2. The number of nitrogens with zero attached hydrogens (tertiary/aromatic N) is 1. The Labute approximate surface area is 151 Å². The molecule has 1 aromatic carbocycles. The maximum Gasteiger partial charge on any atom is 0.306 e. The van der Waals surface area contributed by atoms with E-state index in [2.05, 4.69) is 10.5 Å². The van der Waals surface area contributed by atoms with Crippen molar-refractivity contribution >= 4 is 27.4 Å². The molecule has 0 aliphatic heterocycles. The predicted octanol–water partition coefficient (Wildman–Crippen LogP) is 1.81. The van der Waals surface area contributed by atoms with E-state index in [4.69, 9.17) is 9.26 Å². The first-order chi connectivity index (χ1) is 12.2. The number of carbonyl (C=O) groups is 2. The summed E-state index contributed by atoms with van der Waals surface area (Å²) < 4.78 is 33.0. The van der Waals surface area contributed by atoms with Gasteiger partial charge in [-0.25, -0.2) is 8.42 Å². The molecule has 0 radical (unpaired) electrons. The van der Waals surface area contributed by atoms with Crippen LogP contribution in [0.15, 0.2) is 33.7 Å². The molecule has 1 aromatic heterocycles. The van der Waals surface area contributed by atoms with Crippen molar-refractivity contribution in [1.82, 2.24) is 5.16 Å². The van der Waals surface area contributed by atoms with E-state index >= 15 is 0 Å². The number of carbonyl (C=O) groups excluding carboxylic acids is 2. The molecule has 0 saturated carbocycles. The Morgan fingerprint density at radius 3 is 2.62 bits per heavy atom. The number of aromatic nitrogens is 1. The number of rotatable bonds is 7. The van der Waals surface area contributed by atoms with Crippen molar-refractivity contribution in [3.05, 3.63) is 41.3 Å². The minimum absolute atomic E-state index is 0.0896. The van der Waals surface area contributed by atoms with Gasteiger partial charge in [0.1, 0.15) is 5.76 Å². The van der Waals surface area contributed by atoms with Crippen LogP contribution in [0.25, 0.3) is 0 Å². The van der Waals surface area contributed by atoms with Crippen LogP contribution in [0.1, 0.15) is 23.4 Å². The average molecular weight is 380 g/mol. The van der Waals surface area contributed by atoms with Crippen molar-refractivity contribution in [3.63, 3.8) is 0 Å². The highest BCUT2D eigenvalue weighted by molar-refractivity contribution is 7.90. The fraction of sp³-hybridized carbons (Fsp3) is 0.353. The number of nitrogens with one attached hydrogen (secondary N) is 1. The molecule has 0 aliphatic carbocycles. The molecule has 26 heavy (non-hydrogen) atoms. The third kappa shape index (κ3) is 5.41. The second kappa shape index (κ2) is 8.13. The first-order valence-electron chi connectivity index (χ1n) is 7.84. The zero-order chi connectivity index (χ0) is 19.3. The van der Waals surface area contributed by atoms with Crippen LogP contribution >= 0.6 is 0 Å². The molecule has 9 heteroatoms. The van der Waals surface area contributed by atoms with Gasteiger partial charge in [-0.05, 0) is 38.5 Å². The summed E-state index contributed by atoms with van der Waals surface area (Å²) in [6.07, 6.45) is 1.59. The van der Waals surface area contributed by atoms with Crippen molar-refractivity contribution in [2.45, 2.75) is 31.6 Å². The molecule has 8 nitrogen and oxygen atoms in total. The molecular weight excluding hydrogens is 360 g/mol. The highest BCUT2D eigenvalue weighted by Gasteiger charge is 2.14. The van der Waals surface area contributed by atoms with E-state index in [0.717, 1.165) is 17.5 Å². The summed E-state index contributed by atoms with van der Waals surface area (Å²) >= 11 is 0. The lowest BCUT2D eigenvalue weighted by Gasteiger charge is -2.08. The number of hydrogen-bond donors (Lipinski definition) is 1. The molecule has 2 rings (SSSR count). The van der Waals surface area contributed by atoms with Gasteiger partial charge >= 0.3 is 5.97 Å². The number of esters is 1. The normalized spacial score (nSPS) is 11.2. The summed E-state index contributed by atoms with van der Waals surface area (Å²) in [5.74, 6) is -0.426. The standard InChI is InChI=1S/C17H20N2O6S/c1-11-15(12(2)25-19-11)7-8-17(21)24-10-16(20)18-13-5-4-6-14(9-13)26(3,22)23/h4-6,9H,7-8,10H2,1-3H3,(H,18,20). The van der Waals surface area contributed by atoms with E-state index in [9.17, 15) is 18.0 Å². The van der Waals surface area contributed by atoms with E-state index in [-0.39, 0.29) is 11.3 Å². The van der Waals surface area contributed by atoms with E-state index in [0.29, 0.717) is 17.9 Å².